The minimum absolute atomic E-state index is 0.480. The van der Waals surface area contributed by atoms with Crippen LogP contribution in [0.3, 0.4) is 0 Å². The average molecular weight is 961 g/mol. The largest absolute Gasteiger partial charge is 0.0616 e. The maximum Gasteiger partial charge on any atom is -0.0137 e. The minimum atomic E-state index is 0.480. The van der Waals surface area contributed by atoms with E-state index in [0.717, 1.165) is 0 Å². The molecule has 0 heterocycles. The van der Waals surface area contributed by atoms with Crippen LogP contribution in [-0.2, 0) is 0 Å². The molecule has 15 aromatic rings. The topological polar surface area (TPSA) is 0 Å². The van der Waals surface area contributed by atoms with Gasteiger partial charge in [-0.3, -0.25) is 0 Å². The standard InChI is InChI=1S/3C25H20/c1-16(2)25-23-14-19-9-5-3-7-17(19)11-21(23)13-22-12-18-8-4-6-10-20(18)15-24(22)25;1-16(2)24-9-5-8-19-12-22-13-20-10-17-6-3-4-7-18(17)11-21(20)14-23(22)15-25(19)24;1-16(2)17-7-8-20-12-24-14-22-10-18-5-3-4-6-19(18)11-23(22)15-25(24)13-21(20)9-17/h3*3-16H,1-2H3. The predicted molar refractivity (Wildman–Crippen MR) is 332 cm³/mol. The van der Waals surface area contributed by atoms with E-state index in [1.165, 1.54) is 146 Å². The molecule has 0 saturated heterocycles. The summed E-state index contributed by atoms with van der Waals surface area (Å²) < 4.78 is 0. The molecule has 75 heavy (non-hydrogen) atoms. The fourth-order valence-corrected chi connectivity index (χ4v) is 12.0. The van der Waals surface area contributed by atoms with E-state index in [2.05, 4.69) is 278 Å². The van der Waals surface area contributed by atoms with Crippen LogP contribution < -0.4 is 0 Å². The number of fused-ring (bicyclic) bond motifs is 12. The Kier molecular flexibility index (Phi) is 11.5. The molecular weight excluding hydrogens is 901 g/mol. The van der Waals surface area contributed by atoms with E-state index in [1.54, 1.807) is 0 Å². The van der Waals surface area contributed by atoms with Crippen LogP contribution in [0.15, 0.2) is 237 Å². The molecule has 0 N–H and O–H groups in total. The van der Waals surface area contributed by atoms with Crippen LogP contribution in [0.4, 0.5) is 0 Å². The van der Waals surface area contributed by atoms with Gasteiger partial charge in [-0.2, -0.15) is 0 Å². The Hall–Kier alpha value is -8.58. The van der Waals surface area contributed by atoms with E-state index >= 15 is 0 Å². The predicted octanol–water partition coefficient (Wildman–Crippen LogP) is 22.3. The first kappa shape index (κ1) is 46.2. The zero-order valence-electron chi connectivity index (χ0n) is 43.7. The van der Waals surface area contributed by atoms with Gasteiger partial charge in [0, 0.05) is 0 Å². The summed E-state index contributed by atoms with van der Waals surface area (Å²) in [6.45, 7) is 13.6. The monoisotopic (exact) mass is 960 g/mol. The summed E-state index contributed by atoms with van der Waals surface area (Å²) in [5.74, 6) is 1.57. The SMILES string of the molecule is CC(C)c1c2cc3ccccc3cc2cc2cc3ccccc3cc12.CC(C)c1ccc2cc3cc4cc5ccccc5cc4cc3cc2c1.CC(C)c1cccc2cc3cc4cc5ccccc5cc4cc3cc12. The summed E-state index contributed by atoms with van der Waals surface area (Å²) in [5.41, 5.74) is 4.29. The Balaban J connectivity index is 0.000000108. The fourth-order valence-electron chi connectivity index (χ4n) is 12.0. The molecule has 15 rings (SSSR count). The summed E-state index contributed by atoms with van der Waals surface area (Å²) in [6.07, 6.45) is 0. The molecule has 0 aliphatic heterocycles. The first-order chi connectivity index (χ1) is 36.6. The van der Waals surface area contributed by atoms with Crippen molar-refractivity contribution < 1.29 is 0 Å². The first-order valence-corrected chi connectivity index (χ1v) is 26.9. The maximum absolute atomic E-state index is 2.37. The van der Waals surface area contributed by atoms with Crippen LogP contribution in [-0.4, -0.2) is 0 Å². The Morgan fingerprint density at radius 3 is 0.840 bits per heavy atom. The van der Waals surface area contributed by atoms with Crippen molar-refractivity contribution in [2.75, 3.05) is 0 Å². The molecule has 0 nitrogen and oxygen atoms in total. The number of rotatable bonds is 3. The van der Waals surface area contributed by atoms with Gasteiger partial charge in [0.15, 0.2) is 0 Å². The van der Waals surface area contributed by atoms with Crippen LogP contribution in [0.5, 0.6) is 0 Å². The van der Waals surface area contributed by atoms with E-state index in [9.17, 15) is 0 Å². The van der Waals surface area contributed by atoms with Crippen LogP contribution >= 0.6 is 0 Å². The third-order valence-corrected chi connectivity index (χ3v) is 15.9. The average Bonchev–Trinajstić information content (AvgIpc) is 3.44. The molecule has 0 aromatic heterocycles. The third-order valence-electron chi connectivity index (χ3n) is 15.9. The van der Waals surface area contributed by atoms with Crippen molar-refractivity contribution in [2.45, 2.75) is 59.3 Å². The molecule has 0 aliphatic rings. The Bertz CT molecular complexity index is 4610. The highest BCUT2D eigenvalue weighted by molar-refractivity contribution is 6.13. The van der Waals surface area contributed by atoms with Crippen molar-refractivity contribution in [3.8, 4) is 0 Å². The van der Waals surface area contributed by atoms with Gasteiger partial charge in [0.1, 0.15) is 0 Å². The highest BCUT2D eigenvalue weighted by atomic mass is 14.2. The molecule has 0 bridgehead atoms. The molecule has 0 aliphatic carbocycles. The van der Waals surface area contributed by atoms with Crippen molar-refractivity contribution in [2.24, 2.45) is 0 Å². The normalized spacial score (nSPS) is 12.0. The van der Waals surface area contributed by atoms with Crippen molar-refractivity contribution >= 4 is 129 Å². The van der Waals surface area contributed by atoms with Crippen LogP contribution in [0.2, 0.25) is 0 Å². The van der Waals surface area contributed by atoms with Gasteiger partial charge in [-0.1, -0.05) is 175 Å². The molecule has 15 aromatic carbocycles. The summed E-state index contributed by atoms with van der Waals surface area (Å²) >= 11 is 0. The van der Waals surface area contributed by atoms with E-state index in [-0.39, 0.29) is 0 Å². The summed E-state index contributed by atoms with van der Waals surface area (Å²) in [6, 6.07) is 87.7. The second-order valence-corrected chi connectivity index (χ2v) is 22.0. The number of hydrogen-bond donors (Lipinski definition) is 0. The second-order valence-electron chi connectivity index (χ2n) is 22.0. The van der Waals surface area contributed by atoms with E-state index in [4.69, 9.17) is 0 Å². The van der Waals surface area contributed by atoms with E-state index in [1.807, 2.05) is 0 Å². The van der Waals surface area contributed by atoms with Crippen LogP contribution in [0.25, 0.3) is 129 Å². The highest BCUT2D eigenvalue weighted by Crippen LogP contribution is 2.39. The molecule has 0 unspecified atom stereocenters. The summed E-state index contributed by atoms with van der Waals surface area (Å²) in [7, 11) is 0. The molecule has 0 radical (unpaired) electrons. The van der Waals surface area contributed by atoms with Gasteiger partial charge in [-0.25, -0.2) is 0 Å². The summed E-state index contributed by atoms with van der Waals surface area (Å²) in [4.78, 5) is 0. The lowest BCUT2D eigenvalue weighted by Gasteiger charge is -2.16. The molecule has 0 heteroatoms. The molecule has 0 fully saturated rings. The van der Waals surface area contributed by atoms with E-state index < -0.39 is 0 Å². The summed E-state index contributed by atoms with van der Waals surface area (Å²) in [5, 5.41) is 31.8. The highest BCUT2D eigenvalue weighted by Gasteiger charge is 2.14. The van der Waals surface area contributed by atoms with Gasteiger partial charge < -0.3 is 0 Å². The molecule has 360 valence electrons. The molecule has 0 spiro atoms. The lowest BCUT2D eigenvalue weighted by Crippen LogP contribution is -1.93. The molecule has 0 amide bonds. The van der Waals surface area contributed by atoms with E-state index in [0.29, 0.717) is 17.8 Å². The minimum Gasteiger partial charge on any atom is -0.0616 e. The number of hydrogen-bond acceptors (Lipinski definition) is 0. The van der Waals surface area contributed by atoms with Crippen molar-refractivity contribution in [3.05, 3.63) is 253 Å². The van der Waals surface area contributed by atoms with Crippen molar-refractivity contribution in [1.29, 1.82) is 0 Å². The fraction of sp³-hybridized carbons (Fsp3) is 0.120. The molecular formula is C75H60. The lowest BCUT2D eigenvalue weighted by molar-refractivity contribution is 0.869. The quantitative estimate of drug-likeness (QED) is 0.155. The smallest absolute Gasteiger partial charge is 0.0137 e. The van der Waals surface area contributed by atoms with Gasteiger partial charge in [0.05, 0.1) is 0 Å². The zero-order valence-corrected chi connectivity index (χ0v) is 43.7. The number of benzene rings is 15. The Morgan fingerprint density at radius 2 is 0.467 bits per heavy atom. The molecule has 0 saturated carbocycles. The van der Waals surface area contributed by atoms with Crippen molar-refractivity contribution in [3.63, 3.8) is 0 Å². The Morgan fingerprint density at radius 1 is 0.187 bits per heavy atom. The van der Waals surface area contributed by atoms with Crippen molar-refractivity contribution in [1.82, 2.24) is 0 Å². The van der Waals surface area contributed by atoms with Gasteiger partial charge in [0.2, 0.25) is 0 Å². The second kappa shape index (κ2) is 18.7. The van der Waals surface area contributed by atoms with Crippen LogP contribution in [0.1, 0.15) is 76.0 Å². The van der Waals surface area contributed by atoms with Crippen LogP contribution in [0, 0.1) is 0 Å². The molecule has 0 atom stereocenters. The zero-order chi connectivity index (χ0) is 50.9. The van der Waals surface area contributed by atoms with Gasteiger partial charge in [-0.05, 0) is 267 Å². The van der Waals surface area contributed by atoms with Gasteiger partial charge >= 0.3 is 0 Å². The van der Waals surface area contributed by atoms with Gasteiger partial charge in [-0.15, -0.1) is 0 Å². The third kappa shape index (κ3) is 8.65. The Labute approximate surface area is 439 Å². The maximum atomic E-state index is 2.37. The first-order valence-electron chi connectivity index (χ1n) is 26.9. The van der Waals surface area contributed by atoms with Gasteiger partial charge in [0.25, 0.3) is 0 Å². The lowest BCUT2D eigenvalue weighted by atomic mass is 9.88.